The molecule has 0 spiro atoms. The van der Waals surface area contributed by atoms with Crippen molar-refractivity contribution >= 4 is 39.7 Å². The maximum absolute atomic E-state index is 11.6. The summed E-state index contributed by atoms with van der Waals surface area (Å²) in [6.45, 7) is 3.20. The van der Waals surface area contributed by atoms with Gasteiger partial charge in [-0.3, -0.25) is 4.55 Å². The Morgan fingerprint density at radius 2 is 1.65 bits per heavy atom. The summed E-state index contributed by atoms with van der Waals surface area (Å²) in [5.74, 6) is -1.64. The molecule has 0 bridgehead atoms. The van der Waals surface area contributed by atoms with E-state index in [0.29, 0.717) is 0 Å². The van der Waals surface area contributed by atoms with Crippen molar-refractivity contribution < 1.29 is 31.6 Å². The lowest BCUT2D eigenvalue weighted by molar-refractivity contribution is 0.0743. The molecule has 1 rings (SSSR count). The fraction of sp³-hybridized carbons (Fsp3) is 0.200. The third-order valence-corrected chi connectivity index (χ3v) is 3.78. The topological polar surface area (TPSA) is 107 Å². The third-order valence-electron chi connectivity index (χ3n) is 2.10. The second-order valence-electron chi connectivity index (χ2n) is 3.37. The van der Waals surface area contributed by atoms with Crippen LogP contribution < -0.4 is 0 Å². The average Bonchev–Trinajstić information content (AvgIpc) is 2.37. The Kier molecular flexibility index (Phi) is 6.02. The van der Waals surface area contributed by atoms with Crippen LogP contribution in [0.2, 0.25) is 0 Å². The molecule has 7 nitrogen and oxygen atoms in total. The van der Waals surface area contributed by atoms with Gasteiger partial charge in [0.25, 0.3) is 10.1 Å². The van der Waals surface area contributed by atoms with E-state index in [4.69, 9.17) is 13.6 Å². The van der Waals surface area contributed by atoms with E-state index in [9.17, 15) is 18.0 Å². The van der Waals surface area contributed by atoms with Crippen LogP contribution in [0, 0.1) is 0 Å². The lowest BCUT2D eigenvalue weighted by Crippen LogP contribution is -2.11. The largest absolute Gasteiger partial charge is 0.445 e. The highest BCUT2D eigenvalue weighted by molar-refractivity contribution is 7.86. The van der Waals surface area contributed by atoms with Crippen LogP contribution in [0.15, 0.2) is 23.1 Å². The molecule has 0 aliphatic rings. The monoisotopic (exact) mass is 338 g/mol. The molecule has 1 aromatic rings. The van der Waals surface area contributed by atoms with Crippen LogP contribution in [0.3, 0.4) is 0 Å². The van der Waals surface area contributed by atoms with Gasteiger partial charge in [0, 0.05) is 0 Å². The van der Waals surface area contributed by atoms with Gasteiger partial charge in [-0.1, -0.05) is 0 Å². The zero-order valence-corrected chi connectivity index (χ0v) is 13.4. The minimum atomic E-state index is -4.67. The number of rotatable bonds is 5. The maximum Gasteiger partial charge on any atom is 0.341 e. The molecule has 0 heterocycles. The normalized spacial score (nSPS) is 12.2. The van der Waals surface area contributed by atoms with Gasteiger partial charge in [0.1, 0.15) is 4.90 Å². The lowest BCUT2D eigenvalue weighted by atomic mass is 10.1. The van der Waals surface area contributed by atoms with Crippen LogP contribution in [0.4, 0.5) is 0 Å². The molecule has 0 fully saturated rings. The third kappa shape index (κ3) is 4.21. The highest BCUT2D eigenvalue weighted by Crippen LogP contribution is 2.22. The van der Waals surface area contributed by atoms with Gasteiger partial charge in [-0.2, -0.15) is 8.42 Å². The molecule has 110 valence electrons. The van der Waals surface area contributed by atoms with Gasteiger partial charge < -0.3 is 9.05 Å². The first kappa shape index (κ1) is 17.0. The first-order valence-electron chi connectivity index (χ1n) is 5.18. The van der Waals surface area contributed by atoms with Crippen molar-refractivity contribution in [3.63, 3.8) is 0 Å². The summed E-state index contributed by atoms with van der Waals surface area (Å²) in [5, 5.41) is 0. The molecular formula is C10H12O7P2S. The molecule has 0 aliphatic carbocycles. The van der Waals surface area contributed by atoms with E-state index < -0.39 is 27.0 Å². The van der Waals surface area contributed by atoms with Crippen LogP contribution >= 0.6 is 17.6 Å². The molecule has 0 amide bonds. The van der Waals surface area contributed by atoms with Crippen molar-refractivity contribution in [2.24, 2.45) is 0 Å². The molecule has 2 atom stereocenters. The molecule has 2 unspecified atom stereocenters. The standard InChI is InChI=1S/C10H12O7P2S/c1-18-16-9(11)6-3-4-7(10(12)17-19-2)8(5-6)20(13,14)15/h3-5,18-19H,1-2H3,(H,13,14,15). The Labute approximate surface area is 119 Å². The summed E-state index contributed by atoms with van der Waals surface area (Å²) in [7, 11) is -4.96. The van der Waals surface area contributed by atoms with Crippen LogP contribution in [0.25, 0.3) is 0 Å². The van der Waals surface area contributed by atoms with Crippen LogP contribution in [-0.4, -0.2) is 38.2 Å². The number of carbonyl (C=O) groups excluding carboxylic acids is 2. The van der Waals surface area contributed by atoms with E-state index in [2.05, 4.69) is 0 Å². The number of hydrogen-bond acceptors (Lipinski definition) is 6. The van der Waals surface area contributed by atoms with Gasteiger partial charge in [-0.15, -0.1) is 0 Å². The summed E-state index contributed by atoms with van der Waals surface area (Å²) in [6, 6.07) is 3.21. The molecule has 1 aromatic carbocycles. The fourth-order valence-corrected chi connectivity index (χ4v) is 2.63. The molecule has 0 saturated heterocycles. The molecule has 0 aliphatic heterocycles. The van der Waals surface area contributed by atoms with E-state index in [-0.39, 0.29) is 28.7 Å². The zero-order valence-electron chi connectivity index (χ0n) is 10.5. The van der Waals surface area contributed by atoms with E-state index in [1.165, 1.54) is 6.07 Å². The first-order chi connectivity index (χ1) is 9.31. The smallest absolute Gasteiger partial charge is 0.341 e. The number of benzene rings is 1. The Bertz CT molecular complexity index is 626. The Morgan fingerprint density at radius 3 is 2.15 bits per heavy atom. The Morgan fingerprint density at radius 1 is 1.10 bits per heavy atom. The molecule has 0 aromatic heterocycles. The van der Waals surface area contributed by atoms with Gasteiger partial charge in [0.15, 0.2) is 0 Å². The summed E-state index contributed by atoms with van der Waals surface area (Å²) in [5.41, 5.74) is -0.417. The van der Waals surface area contributed by atoms with Crippen LogP contribution in [-0.2, 0) is 19.2 Å². The molecule has 20 heavy (non-hydrogen) atoms. The predicted octanol–water partition coefficient (Wildman–Crippen LogP) is 1.69. The molecule has 0 radical (unpaired) electrons. The molecule has 1 N–H and O–H groups in total. The summed E-state index contributed by atoms with van der Waals surface area (Å²) >= 11 is 0. The van der Waals surface area contributed by atoms with E-state index in [0.717, 1.165) is 12.1 Å². The van der Waals surface area contributed by atoms with Crippen molar-refractivity contribution in [3.05, 3.63) is 29.3 Å². The van der Waals surface area contributed by atoms with Crippen molar-refractivity contribution in [2.45, 2.75) is 4.90 Å². The van der Waals surface area contributed by atoms with Crippen molar-refractivity contribution in [1.29, 1.82) is 0 Å². The van der Waals surface area contributed by atoms with Crippen LogP contribution in [0.5, 0.6) is 0 Å². The second-order valence-corrected chi connectivity index (χ2v) is 5.99. The SMILES string of the molecule is CPOC(=O)c1ccc(C(=O)OPC)c(S(=O)(=O)O)c1. The summed E-state index contributed by atoms with van der Waals surface area (Å²) in [6.07, 6.45) is 0. The lowest BCUT2D eigenvalue weighted by Gasteiger charge is -2.08. The summed E-state index contributed by atoms with van der Waals surface area (Å²) in [4.78, 5) is 22.5. The van der Waals surface area contributed by atoms with Crippen molar-refractivity contribution in [1.82, 2.24) is 0 Å². The van der Waals surface area contributed by atoms with Crippen LogP contribution in [0.1, 0.15) is 20.7 Å². The van der Waals surface area contributed by atoms with Gasteiger partial charge in [0.05, 0.1) is 28.7 Å². The van der Waals surface area contributed by atoms with E-state index >= 15 is 0 Å². The molecule has 0 saturated carbocycles. The van der Waals surface area contributed by atoms with Crippen molar-refractivity contribution in [2.75, 3.05) is 13.3 Å². The fourth-order valence-electron chi connectivity index (χ4n) is 1.33. The average molecular weight is 338 g/mol. The Hall–Kier alpha value is -1.07. The minimum Gasteiger partial charge on any atom is -0.445 e. The highest BCUT2D eigenvalue weighted by atomic mass is 32.2. The van der Waals surface area contributed by atoms with Gasteiger partial charge in [-0.05, 0) is 31.5 Å². The quantitative estimate of drug-likeness (QED) is 0.643. The summed E-state index contributed by atoms with van der Waals surface area (Å²) < 4.78 is 41.2. The molecule has 10 heteroatoms. The maximum atomic E-state index is 11.6. The first-order valence-corrected chi connectivity index (χ1v) is 9.44. The molecular weight excluding hydrogens is 326 g/mol. The minimum absolute atomic E-state index is 0.0810. The van der Waals surface area contributed by atoms with E-state index in [1.54, 1.807) is 13.3 Å². The zero-order chi connectivity index (χ0) is 15.3. The number of carbonyl (C=O) groups is 2. The van der Waals surface area contributed by atoms with E-state index in [1.807, 2.05) is 0 Å². The number of hydrogen-bond donors (Lipinski definition) is 1. The van der Waals surface area contributed by atoms with Gasteiger partial charge in [-0.25, -0.2) is 9.59 Å². The predicted molar refractivity (Wildman–Crippen MR) is 75.6 cm³/mol. The second kappa shape index (κ2) is 7.09. The van der Waals surface area contributed by atoms with Crippen molar-refractivity contribution in [3.8, 4) is 0 Å². The van der Waals surface area contributed by atoms with Gasteiger partial charge in [0.2, 0.25) is 0 Å². The Balaban J connectivity index is 3.35. The highest BCUT2D eigenvalue weighted by Gasteiger charge is 2.23. The van der Waals surface area contributed by atoms with Gasteiger partial charge >= 0.3 is 11.9 Å².